The van der Waals surface area contributed by atoms with E-state index in [2.05, 4.69) is 4.72 Å². The number of esters is 1. The normalized spacial score (nSPS) is 21.2. The Balaban J connectivity index is 1.83. The average Bonchev–Trinajstić information content (AvgIpc) is 2.61. The van der Waals surface area contributed by atoms with Crippen LogP contribution in [-0.2, 0) is 24.3 Å². The molecule has 9 heteroatoms. The Morgan fingerprint density at radius 3 is 2.36 bits per heavy atom. The van der Waals surface area contributed by atoms with Crippen molar-refractivity contribution in [1.29, 1.82) is 0 Å². The van der Waals surface area contributed by atoms with Gasteiger partial charge in [-0.15, -0.1) is 0 Å². The predicted molar refractivity (Wildman–Crippen MR) is 101 cm³/mol. The monoisotopic (exact) mass is 414 g/mol. The Labute approximate surface area is 165 Å². The summed E-state index contributed by atoms with van der Waals surface area (Å²) in [7, 11) is -3.85. The van der Waals surface area contributed by atoms with Crippen molar-refractivity contribution in [3.05, 3.63) is 30.1 Å². The third-order valence-electron chi connectivity index (χ3n) is 4.85. The first kappa shape index (κ1) is 22.3. The molecule has 1 saturated heterocycles. The van der Waals surface area contributed by atoms with E-state index in [9.17, 15) is 22.4 Å². The van der Waals surface area contributed by atoms with Gasteiger partial charge in [-0.05, 0) is 64.3 Å². The summed E-state index contributed by atoms with van der Waals surface area (Å²) < 4.78 is 44.5. The second-order valence-electron chi connectivity index (χ2n) is 7.11. The minimum Gasteiger partial charge on any atom is -0.452 e. The molecule has 2 rings (SSSR count). The SMILES string of the molecule is C[C@@H]1CCC[C@H](C)N1C(=O)[C@@H](C)OC(=O)CCNS(=O)(=O)c1ccc(F)cc1. The molecule has 0 radical (unpaired) electrons. The zero-order valence-corrected chi connectivity index (χ0v) is 17.2. The number of hydrogen-bond donors (Lipinski definition) is 1. The van der Waals surface area contributed by atoms with Crippen molar-refractivity contribution < 1.29 is 27.1 Å². The summed E-state index contributed by atoms with van der Waals surface area (Å²) in [6.07, 6.45) is 1.76. The standard InChI is InChI=1S/C19H27FN2O5S/c1-13-5-4-6-14(2)22(13)19(24)15(3)27-18(23)11-12-21-28(25,26)17-9-7-16(20)8-10-17/h7-10,13-15,21H,4-6,11-12H2,1-3H3/t13-,14+,15-/m1/s1. The molecule has 0 aromatic heterocycles. The highest BCUT2D eigenvalue weighted by Crippen LogP contribution is 2.23. The molecule has 0 bridgehead atoms. The van der Waals surface area contributed by atoms with Crippen molar-refractivity contribution in [2.45, 2.75) is 69.5 Å². The molecule has 156 valence electrons. The molecule has 1 N–H and O–H groups in total. The van der Waals surface area contributed by atoms with Crippen LogP contribution >= 0.6 is 0 Å². The minimum absolute atomic E-state index is 0.0971. The van der Waals surface area contributed by atoms with Crippen LogP contribution in [0.25, 0.3) is 0 Å². The zero-order valence-electron chi connectivity index (χ0n) is 16.4. The van der Waals surface area contributed by atoms with Crippen molar-refractivity contribution in [2.24, 2.45) is 0 Å². The second kappa shape index (κ2) is 9.47. The summed E-state index contributed by atoms with van der Waals surface area (Å²) in [5.74, 6) is -1.45. The van der Waals surface area contributed by atoms with Gasteiger partial charge in [-0.1, -0.05) is 0 Å². The van der Waals surface area contributed by atoms with E-state index < -0.39 is 27.9 Å². The summed E-state index contributed by atoms with van der Waals surface area (Å²) in [6, 6.07) is 4.55. The van der Waals surface area contributed by atoms with Crippen LogP contribution in [0.15, 0.2) is 29.2 Å². The summed E-state index contributed by atoms with van der Waals surface area (Å²) >= 11 is 0. The molecular weight excluding hydrogens is 387 g/mol. The topological polar surface area (TPSA) is 92.8 Å². The van der Waals surface area contributed by atoms with Crippen LogP contribution in [0.4, 0.5) is 4.39 Å². The van der Waals surface area contributed by atoms with E-state index in [0.29, 0.717) is 0 Å². The van der Waals surface area contributed by atoms with E-state index in [1.807, 2.05) is 13.8 Å². The summed E-state index contributed by atoms with van der Waals surface area (Å²) in [4.78, 5) is 26.3. The van der Waals surface area contributed by atoms with Gasteiger partial charge >= 0.3 is 5.97 Å². The Hall–Kier alpha value is -2.00. The fourth-order valence-electron chi connectivity index (χ4n) is 3.36. The largest absolute Gasteiger partial charge is 0.452 e. The zero-order chi connectivity index (χ0) is 20.9. The molecule has 1 aromatic carbocycles. The van der Waals surface area contributed by atoms with Crippen molar-refractivity contribution in [3.63, 3.8) is 0 Å². The number of likely N-dealkylation sites (tertiary alicyclic amines) is 1. The Bertz CT molecular complexity index is 787. The molecular formula is C19H27FN2O5S. The maximum absolute atomic E-state index is 12.9. The van der Waals surface area contributed by atoms with Crippen LogP contribution < -0.4 is 4.72 Å². The molecule has 0 saturated carbocycles. The van der Waals surface area contributed by atoms with Crippen molar-refractivity contribution in [3.8, 4) is 0 Å². The number of sulfonamides is 1. The number of halogens is 1. The van der Waals surface area contributed by atoms with Crippen LogP contribution in [0, 0.1) is 5.82 Å². The molecule has 3 atom stereocenters. The Kier molecular flexibility index (Phi) is 7.54. The lowest BCUT2D eigenvalue weighted by Gasteiger charge is -2.40. The lowest BCUT2D eigenvalue weighted by atomic mass is 9.97. The van der Waals surface area contributed by atoms with E-state index in [-0.39, 0.29) is 35.9 Å². The number of carbonyl (C=O) groups is 2. The Morgan fingerprint density at radius 1 is 1.21 bits per heavy atom. The fourth-order valence-corrected chi connectivity index (χ4v) is 4.39. The number of rotatable bonds is 7. The number of carbonyl (C=O) groups excluding carboxylic acids is 2. The van der Waals surface area contributed by atoms with Gasteiger partial charge in [-0.3, -0.25) is 9.59 Å². The van der Waals surface area contributed by atoms with Gasteiger partial charge in [0.2, 0.25) is 10.0 Å². The van der Waals surface area contributed by atoms with Gasteiger partial charge in [-0.2, -0.15) is 0 Å². The van der Waals surface area contributed by atoms with E-state index >= 15 is 0 Å². The maximum Gasteiger partial charge on any atom is 0.307 e. The lowest BCUT2D eigenvalue weighted by molar-refractivity contribution is -0.162. The number of ether oxygens (including phenoxy) is 1. The van der Waals surface area contributed by atoms with Gasteiger partial charge in [0.05, 0.1) is 11.3 Å². The van der Waals surface area contributed by atoms with Gasteiger partial charge in [0.25, 0.3) is 5.91 Å². The number of nitrogens with one attached hydrogen (secondary N) is 1. The third kappa shape index (κ3) is 5.75. The minimum atomic E-state index is -3.85. The van der Waals surface area contributed by atoms with E-state index in [4.69, 9.17) is 4.74 Å². The van der Waals surface area contributed by atoms with Gasteiger partial charge < -0.3 is 9.64 Å². The van der Waals surface area contributed by atoms with Crippen molar-refractivity contribution >= 4 is 21.9 Å². The first-order valence-corrected chi connectivity index (χ1v) is 10.9. The van der Waals surface area contributed by atoms with Crippen LogP contribution in [0.1, 0.15) is 46.5 Å². The second-order valence-corrected chi connectivity index (χ2v) is 8.88. The highest BCUT2D eigenvalue weighted by molar-refractivity contribution is 7.89. The van der Waals surface area contributed by atoms with Gasteiger partial charge in [0.1, 0.15) is 5.82 Å². The number of amides is 1. The maximum atomic E-state index is 12.9. The highest BCUT2D eigenvalue weighted by atomic mass is 32.2. The van der Waals surface area contributed by atoms with E-state index in [1.165, 1.54) is 6.92 Å². The molecule has 7 nitrogen and oxygen atoms in total. The van der Waals surface area contributed by atoms with Crippen LogP contribution in [0.5, 0.6) is 0 Å². The summed E-state index contributed by atoms with van der Waals surface area (Å²) in [5.41, 5.74) is 0. The molecule has 1 aliphatic rings. The van der Waals surface area contributed by atoms with Crippen molar-refractivity contribution in [1.82, 2.24) is 9.62 Å². The number of hydrogen-bond acceptors (Lipinski definition) is 5. The average molecular weight is 414 g/mol. The Morgan fingerprint density at radius 2 is 1.79 bits per heavy atom. The molecule has 1 aliphatic heterocycles. The third-order valence-corrected chi connectivity index (χ3v) is 6.33. The predicted octanol–water partition coefficient (Wildman–Crippen LogP) is 2.22. The summed E-state index contributed by atoms with van der Waals surface area (Å²) in [5, 5.41) is 0. The van der Waals surface area contributed by atoms with E-state index in [1.54, 1.807) is 4.90 Å². The van der Waals surface area contributed by atoms with Gasteiger partial charge in [-0.25, -0.2) is 17.5 Å². The van der Waals surface area contributed by atoms with Gasteiger partial charge in [0.15, 0.2) is 6.10 Å². The quantitative estimate of drug-likeness (QED) is 0.691. The molecule has 1 fully saturated rings. The first-order valence-electron chi connectivity index (χ1n) is 9.38. The van der Waals surface area contributed by atoms with Gasteiger partial charge in [0, 0.05) is 18.6 Å². The van der Waals surface area contributed by atoms with Crippen LogP contribution in [0.3, 0.4) is 0 Å². The van der Waals surface area contributed by atoms with Crippen molar-refractivity contribution in [2.75, 3.05) is 6.54 Å². The number of benzene rings is 1. The molecule has 28 heavy (non-hydrogen) atoms. The number of nitrogens with zero attached hydrogens (tertiary/aromatic N) is 1. The molecule has 0 aliphatic carbocycles. The molecule has 1 heterocycles. The van der Waals surface area contributed by atoms with Crippen LogP contribution in [0.2, 0.25) is 0 Å². The highest BCUT2D eigenvalue weighted by Gasteiger charge is 2.33. The molecule has 1 amide bonds. The smallest absolute Gasteiger partial charge is 0.307 e. The van der Waals surface area contributed by atoms with E-state index in [0.717, 1.165) is 43.5 Å². The van der Waals surface area contributed by atoms with Crippen LogP contribution in [-0.4, -0.2) is 49.9 Å². The first-order chi connectivity index (χ1) is 13.1. The fraction of sp³-hybridized carbons (Fsp3) is 0.579. The lowest BCUT2D eigenvalue weighted by Crippen LogP contribution is -2.51. The molecule has 0 spiro atoms. The molecule has 1 aromatic rings. The number of piperidine rings is 1. The molecule has 0 unspecified atom stereocenters. The summed E-state index contributed by atoms with van der Waals surface area (Å²) in [6.45, 7) is 5.30.